The Morgan fingerprint density at radius 3 is 2.74 bits per heavy atom. The predicted molar refractivity (Wildman–Crippen MR) is 123 cm³/mol. The average Bonchev–Trinajstić information content (AvgIpc) is 3.36. The van der Waals surface area contributed by atoms with Gasteiger partial charge in [0, 0.05) is 70.3 Å². The first kappa shape index (κ1) is 23.6. The summed E-state index contributed by atoms with van der Waals surface area (Å²) in [4.78, 5) is 47.8. The number of pyridine rings is 1. The fraction of sp³-hybridized carbons (Fsp3) is 0.458. The van der Waals surface area contributed by atoms with Crippen molar-refractivity contribution in [3.63, 3.8) is 0 Å². The molecule has 0 aliphatic carbocycles. The molecule has 4 rings (SSSR count). The molecule has 180 valence electrons. The van der Waals surface area contributed by atoms with Gasteiger partial charge in [-0.05, 0) is 11.6 Å². The van der Waals surface area contributed by atoms with Gasteiger partial charge in [-0.1, -0.05) is 12.1 Å². The van der Waals surface area contributed by atoms with Gasteiger partial charge >= 0.3 is 0 Å². The Balaban J connectivity index is 1.49. The minimum atomic E-state index is -0.468. The highest BCUT2D eigenvalue weighted by molar-refractivity contribution is 5.91. The lowest BCUT2D eigenvalue weighted by atomic mass is 10.1. The van der Waals surface area contributed by atoms with Crippen LogP contribution in [0, 0.1) is 5.92 Å². The molecular weight excluding hydrogens is 436 g/mol. The topological polar surface area (TPSA) is 101 Å². The van der Waals surface area contributed by atoms with Crippen molar-refractivity contribution >= 4 is 17.7 Å². The number of rotatable bonds is 8. The number of carbonyl (C=O) groups excluding carboxylic acids is 3. The molecule has 2 aliphatic heterocycles. The van der Waals surface area contributed by atoms with E-state index in [0.29, 0.717) is 32.8 Å². The van der Waals surface area contributed by atoms with Gasteiger partial charge in [-0.25, -0.2) is 0 Å². The molecule has 0 unspecified atom stereocenters. The predicted octanol–water partition coefficient (Wildman–Crippen LogP) is 0.606. The van der Waals surface area contributed by atoms with E-state index in [9.17, 15) is 14.4 Å². The van der Waals surface area contributed by atoms with Gasteiger partial charge in [0.2, 0.25) is 17.7 Å². The average molecular weight is 467 g/mol. The summed E-state index contributed by atoms with van der Waals surface area (Å²) in [6.07, 6.45) is 8.44. The van der Waals surface area contributed by atoms with Crippen LogP contribution in [0.2, 0.25) is 0 Å². The number of amides is 3. The molecule has 0 bridgehead atoms. The Bertz CT molecular complexity index is 1040. The summed E-state index contributed by atoms with van der Waals surface area (Å²) in [5.41, 5.74) is 1.82. The van der Waals surface area contributed by atoms with Crippen LogP contribution >= 0.6 is 0 Å². The molecule has 0 radical (unpaired) electrons. The standard InChI is InChI=1S/C24H30N6O4/c1-3-7-28-13-20(8-22(28)31)24(33)30-15-21(34-17-18-5-4-6-25-9-18)14-29(23(32)16-30)12-19-10-26-27(2)11-19/h3-6,9-11,20-21H,1,7-8,12-17H2,2H3/t20-,21-/m1/s1. The highest BCUT2D eigenvalue weighted by atomic mass is 16.5. The first-order chi connectivity index (χ1) is 16.4. The first-order valence-electron chi connectivity index (χ1n) is 11.4. The zero-order valence-corrected chi connectivity index (χ0v) is 19.4. The van der Waals surface area contributed by atoms with E-state index in [4.69, 9.17) is 4.74 Å². The zero-order valence-electron chi connectivity index (χ0n) is 19.4. The fourth-order valence-electron chi connectivity index (χ4n) is 4.40. The monoisotopic (exact) mass is 466 g/mol. The van der Waals surface area contributed by atoms with Crippen LogP contribution in [-0.2, 0) is 39.3 Å². The summed E-state index contributed by atoms with van der Waals surface area (Å²) < 4.78 is 7.85. The molecule has 34 heavy (non-hydrogen) atoms. The van der Waals surface area contributed by atoms with Crippen molar-refractivity contribution in [2.75, 3.05) is 32.7 Å². The number of carbonyl (C=O) groups is 3. The van der Waals surface area contributed by atoms with Crippen LogP contribution in [0.15, 0.2) is 49.6 Å². The highest BCUT2D eigenvalue weighted by Crippen LogP contribution is 2.22. The van der Waals surface area contributed by atoms with Crippen LogP contribution in [-0.4, -0.2) is 86.0 Å². The van der Waals surface area contributed by atoms with E-state index in [1.807, 2.05) is 25.4 Å². The summed E-state index contributed by atoms with van der Waals surface area (Å²) in [7, 11) is 1.83. The van der Waals surface area contributed by atoms with E-state index < -0.39 is 5.92 Å². The lowest BCUT2D eigenvalue weighted by Gasteiger charge is -2.26. The summed E-state index contributed by atoms with van der Waals surface area (Å²) in [5, 5.41) is 4.18. The van der Waals surface area contributed by atoms with Crippen molar-refractivity contribution in [1.82, 2.24) is 29.5 Å². The van der Waals surface area contributed by atoms with Crippen LogP contribution in [0.3, 0.4) is 0 Å². The maximum absolute atomic E-state index is 13.4. The van der Waals surface area contributed by atoms with E-state index >= 15 is 0 Å². The third-order valence-corrected chi connectivity index (χ3v) is 6.09. The first-order valence-corrected chi connectivity index (χ1v) is 11.4. The smallest absolute Gasteiger partial charge is 0.242 e. The van der Waals surface area contributed by atoms with E-state index in [-0.39, 0.29) is 43.3 Å². The molecule has 4 heterocycles. The Kier molecular flexibility index (Phi) is 7.36. The maximum atomic E-state index is 13.4. The van der Waals surface area contributed by atoms with Crippen molar-refractivity contribution in [2.24, 2.45) is 13.0 Å². The molecule has 10 heteroatoms. The van der Waals surface area contributed by atoms with Gasteiger partial charge in [0.25, 0.3) is 0 Å². The van der Waals surface area contributed by atoms with E-state index in [1.165, 1.54) is 0 Å². The number of hydrogen-bond donors (Lipinski definition) is 0. The second-order valence-corrected chi connectivity index (χ2v) is 8.80. The number of hydrogen-bond acceptors (Lipinski definition) is 6. The number of nitrogens with zero attached hydrogens (tertiary/aromatic N) is 6. The zero-order chi connectivity index (χ0) is 24.1. The van der Waals surface area contributed by atoms with Crippen LogP contribution in [0.25, 0.3) is 0 Å². The van der Waals surface area contributed by atoms with Gasteiger partial charge in [-0.2, -0.15) is 5.10 Å². The fourth-order valence-corrected chi connectivity index (χ4v) is 4.40. The summed E-state index contributed by atoms with van der Waals surface area (Å²) >= 11 is 0. The van der Waals surface area contributed by atoms with E-state index in [1.54, 1.807) is 44.0 Å². The Hall–Kier alpha value is -3.53. The molecule has 2 atom stereocenters. The van der Waals surface area contributed by atoms with Gasteiger partial charge in [0.1, 0.15) is 0 Å². The third-order valence-electron chi connectivity index (χ3n) is 6.09. The molecule has 2 aromatic rings. The molecular formula is C24H30N6O4. The molecule has 0 spiro atoms. The number of aryl methyl sites for hydroxylation is 1. The van der Waals surface area contributed by atoms with Gasteiger partial charge < -0.3 is 19.4 Å². The Morgan fingerprint density at radius 1 is 1.18 bits per heavy atom. The molecule has 2 aromatic heterocycles. The van der Waals surface area contributed by atoms with E-state index in [0.717, 1.165) is 11.1 Å². The van der Waals surface area contributed by atoms with Crippen LogP contribution in [0.5, 0.6) is 0 Å². The molecule has 0 N–H and O–H groups in total. The molecule has 3 amide bonds. The van der Waals surface area contributed by atoms with Crippen molar-refractivity contribution in [1.29, 1.82) is 0 Å². The normalized spacial score (nSPS) is 21.1. The molecule has 2 aliphatic rings. The van der Waals surface area contributed by atoms with Crippen molar-refractivity contribution in [3.8, 4) is 0 Å². The minimum absolute atomic E-state index is 0.0437. The quantitative estimate of drug-likeness (QED) is 0.529. The largest absolute Gasteiger partial charge is 0.370 e. The van der Waals surface area contributed by atoms with Crippen molar-refractivity contribution < 1.29 is 19.1 Å². The Labute approximate surface area is 198 Å². The van der Waals surface area contributed by atoms with Crippen LogP contribution in [0.1, 0.15) is 17.5 Å². The minimum Gasteiger partial charge on any atom is -0.370 e. The van der Waals surface area contributed by atoms with Crippen molar-refractivity contribution in [3.05, 3.63) is 60.7 Å². The number of aromatic nitrogens is 3. The molecule has 10 nitrogen and oxygen atoms in total. The second-order valence-electron chi connectivity index (χ2n) is 8.80. The second kappa shape index (κ2) is 10.6. The number of likely N-dealkylation sites (tertiary alicyclic amines) is 1. The molecule has 0 aromatic carbocycles. The van der Waals surface area contributed by atoms with Gasteiger partial charge in [0.15, 0.2) is 0 Å². The molecule has 2 fully saturated rings. The molecule has 0 saturated carbocycles. The summed E-state index contributed by atoms with van der Waals surface area (Å²) in [5.74, 6) is -0.880. The molecule has 2 saturated heterocycles. The lowest BCUT2D eigenvalue weighted by Crippen LogP contribution is -2.43. The van der Waals surface area contributed by atoms with Crippen molar-refractivity contribution in [2.45, 2.75) is 25.7 Å². The summed E-state index contributed by atoms with van der Waals surface area (Å²) in [6.45, 7) is 5.73. The number of ether oxygens (including phenoxy) is 1. The van der Waals surface area contributed by atoms with Gasteiger partial charge in [-0.15, -0.1) is 6.58 Å². The van der Waals surface area contributed by atoms with E-state index in [2.05, 4.69) is 16.7 Å². The maximum Gasteiger partial charge on any atom is 0.242 e. The third kappa shape index (κ3) is 5.69. The van der Waals surface area contributed by atoms with Gasteiger partial charge in [0.05, 0.1) is 31.4 Å². The van der Waals surface area contributed by atoms with Crippen LogP contribution < -0.4 is 0 Å². The van der Waals surface area contributed by atoms with Gasteiger partial charge in [-0.3, -0.25) is 24.0 Å². The highest BCUT2D eigenvalue weighted by Gasteiger charge is 2.39. The van der Waals surface area contributed by atoms with Crippen LogP contribution in [0.4, 0.5) is 0 Å². The lowest BCUT2D eigenvalue weighted by molar-refractivity contribution is -0.141. The summed E-state index contributed by atoms with van der Waals surface area (Å²) in [6, 6.07) is 3.76. The SMILES string of the molecule is C=CCN1C[C@H](C(=O)N2CC(=O)N(Cc3cnn(C)c3)C[C@@H](OCc3cccnc3)C2)CC1=O. The Morgan fingerprint density at radius 2 is 2.03 bits per heavy atom.